The van der Waals surface area contributed by atoms with Crippen molar-refractivity contribution in [3.05, 3.63) is 40.1 Å². The Morgan fingerprint density at radius 2 is 1.90 bits per heavy atom. The van der Waals surface area contributed by atoms with Gasteiger partial charge in [0.25, 0.3) is 5.91 Å². The van der Waals surface area contributed by atoms with Gasteiger partial charge >= 0.3 is 6.09 Å². The fourth-order valence-electron chi connectivity index (χ4n) is 3.36. The molecule has 0 radical (unpaired) electrons. The smallest absolute Gasteiger partial charge is 0.410 e. The van der Waals surface area contributed by atoms with Gasteiger partial charge in [-0.15, -0.1) is 0 Å². The number of hydrogen-bond donors (Lipinski definition) is 2. The van der Waals surface area contributed by atoms with Gasteiger partial charge in [-0.25, -0.2) is 4.79 Å². The lowest BCUT2D eigenvalue weighted by Gasteiger charge is -2.29. The zero-order valence-electron chi connectivity index (χ0n) is 18.5. The van der Waals surface area contributed by atoms with Gasteiger partial charge in [0.15, 0.2) is 12.4 Å². The Balaban J connectivity index is 1.60. The van der Waals surface area contributed by atoms with E-state index in [1.54, 1.807) is 4.90 Å². The summed E-state index contributed by atoms with van der Waals surface area (Å²) in [6, 6.07) is 4.02. The molecule has 162 valence electrons. The molecule has 0 atom stereocenters. The lowest BCUT2D eigenvalue weighted by atomic mass is 10.1. The second kappa shape index (κ2) is 8.38. The van der Waals surface area contributed by atoms with Gasteiger partial charge in [-0.2, -0.15) is 5.10 Å². The summed E-state index contributed by atoms with van der Waals surface area (Å²) < 4.78 is 11.2. The largest absolute Gasteiger partial charge is 0.483 e. The van der Waals surface area contributed by atoms with Gasteiger partial charge in [-0.05, 0) is 64.7 Å². The fourth-order valence-corrected chi connectivity index (χ4v) is 3.36. The van der Waals surface area contributed by atoms with Crippen LogP contribution in [-0.2, 0) is 22.5 Å². The molecule has 2 aromatic rings. The van der Waals surface area contributed by atoms with Crippen LogP contribution in [0.25, 0.3) is 0 Å². The van der Waals surface area contributed by atoms with Gasteiger partial charge in [-0.3, -0.25) is 9.89 Å². The van der Waals surface area contributed by atoms with Gasteiger partial charge in [-0.1, -0.05) is 12.1 Å². The number of aromatic nitrogens is 2. The van der Waals surface area contributed by atoms with Crippen molar-refractivity contribution in [3.63, 3.8) is 0 Å². The SMILES string of the molecule is Cc1ccc(C)c(OCC(=O)Nc2n[nH]c3c2CCN(C(=O)OC(C)(C)C)C3)c1C. The highest BCUT2D eigenvalue weighted by atomic mass is 16.6. The fraction of sp³-hybridized carbons (Fsp3) is 0.500. The molecule has 1 aliphatic rings. The molecule has 8 heteroatoms. The number of ether oxygens (including phenoxy) is 2. The van der Waals surface area contributed by atoms with Crippen molar-refractivity contribution in [2.24, 2.45) is 0 Å². The summed E-state index contributed by atoms with van der Waals surface area (Å²) in [5, 5.41) is 9.96. The summed E-state index contributed by atoms with van der Waals surface area (Å²) in [5.74, 6) is 0.946. The highest BCUT2D eigenvalue weighted by Crippen LogP contribution is 2.27. The second-order valence-electron chi connectivity index (χ2n) is 8.67. The zero-order chi connectivity index (χ0) is 22.1. The lowest BCUT2D eigenvalue weighted by Crippen LogP contribution is -2.40. The summed E-state index contributed by atoms with van der Waals surface area (Å²) in [5.41, 5.74) is 4.30. The Hall–Kier alpha value is -3.03. The number of aromatic amines is 1. The molecular weight excluding hydrogens is 384 g/mol. The van der Waals surface area contributed by atoms with E-state index < -0.39 is 5.60 Å². The molecule has 0 fully saturated rings. The number of carbonyl (C=O) groups is 2. The van der Waals surface area contributed by atoms with Crippen LogP contribution in [-0.4, -0.2) is 45.9 Å². The molecule has 0 aliphatic carbocycles. The third-order valence-corrected chi connectivity index (χ3v) is 5.06. The molecule has 0 spiro atoms. The number of hydrogen-bond acceptors (Lipinski definition) is 5. The normalized spacial score (nSPS) is 13.6. The third-order valence-electron chi connectivity index (χ3n) is 5.06. The third kappa shape index (κ3) is 4.93. The van der Waals surface area contributed by atoms with E-state index in [1.165, 1.54) is 0 Å². The summed E-state index contributed by atoms with van der Waals surface area (Å²) in [4.78, 5) is 26.4. The zero-order valence-corrected chi connectivity index (χ0v) is 18.5. The van der Waals surface area contributed by atoms with Crippen molar-refractivity contribution < 1.29 is 19.1 Å². The van der Waals surface area contributed by atoms with E-state index in [4.69, 9.17) is 9.47 Å². The first-order valence-corrected chi connectivity index (χ1v) is 10.1. The maximum absolute atomic E-state index is 12.4. The van der Waals surface area contributed by atoms with Crippen LogP contribution in [0.5, 0.6) is 5.75 Å². The molecule has 1 aromatic carbocycles. The highest BCUT2D eigenvalue weighted by molar-refractivity contribution is 5.91. The molecule has 1 aliphatic heterocycles. The monoisotopic (exact) mass is 414 g/mol. The average Bonchev–Trinajstić information content (AvgIpc) is 3.05. The maximum atomic E-state index is 12.4. The minimum atomic E-state index is -0.543. The second-order valence-corrected chi connectivity index (χ2v) is 8.67. The molecule has 2 heterocycles. The molecule has 0 bridgehead atoms. The molecule has 0 unspecified atom stereocenters. The molecule has 1 aromatic heterocycles. The van der Waals surface area contributed by atoms with Crippen molar-refractivity contribution in [3.8, 4) is 5.75 Å². The molecule has 3 rings (SSSR count). The van der Waals surface area contributed by atoms with E-state index in [1.807, 2.05) is 53.7 Å². The first-order valence-electron chi connectivity index (χ1n) is 10.1. The van der Waals surface area contributed by atoms with Crippen molar-refractivity contribution >= 4 is 17.8 Å². The van der Waals surface area contributed by atoms with Gasteiger partial charge in [0.05, 0.1) is 12.2 Å². The average molecular weight is 415 g/mol. The number of carbonyl (C=O) groups excluding carboxylic acids is 2. The number of fused-ring (bicyclic) bond motifs is 1. The summed E-state index contributed by atoms with van der Waals surface area (Å²) in [6.45, 7) is 12.2. The van der Waals surface area contributed by atoms with Crippen LogP contribution in [0, 0.1) is 20.8 Å². The van der Waals surface area contributed by atoms with Gasteiger partial charge in [0, 0.05) is 12.1 Å². The Bertz CT molecular complexity index is 959. The number of amides is 2. The maximum Gasteiger partial charge on any atom is 0.410 e. The van der Waals surface area contributed by atoms with Crippen LogP contribution in [0.1, 0.15) is 48.7 Å². The first kappa shape index (κ1) is 21.7. The molecule has 0 saturated carbocycles. The van der Waals surface area contributed by atoms with E-state index in [0.29, 0.717) is 25.3 Å². The van der Waals surface area contributed by atoms with E-state index in [2.05, 4.69) is 15.5 Å². The number of nitrogens with zero attached hydrogens (tertiary/aromatic N) is 2. The van der Waals surface area contributed by atoms with Gasteiger partial charge < -0.3 is 19.7 Å². The van der Waals surface area contributed by atoms with Crippen LogP contribution in [0.2, 0.25) is 0 Å². The summed E-state index contributed by atoms with van der Waals surface area (Å²) in [6.07, 6.45) is 0.225. The topological polar surface area (TPSA) is 96.5 Å². The van der Waals surface area contributed by atoms with Crippen LogP contribution in [0.4, 0.5) is 10.6 Å². The number of H-pyrrole nitrogens is 1. The van der Waals surface area contributed by atoms with Crippen LogP contribution in [0.3, 0.4) is 0 Å². The van der Waals surface area contributed by atoms with Gasteiger partial charge in [0.1, 0.15) is 11.4 Å². The standard InChI is InChI=1S/C22H30N4O4/c1-13-7-8-14(2)19(15(13)3)29-12-18(27)23-20-16-9-10-26(11-17(16)24-25-20)21(28)30-22(4,5)6/h7-8H,9-12H2,1-6H3,(H2,23,24,25,27). The molecule has 2 N–H and O–H groups in total. The Morgan fingerprint density at radius 1 is 1.20 bits per heavy atom. The number of nitrogens with one attached hydrogen (secondary N) is 2. The molecular formula is C22H30N4O4. The van der Waals surface area contributed by atoms with Crippen LogP contribution < -0.4 is 10.1 Å². The molecule has 0 saturated heterocycles. The van der Waals surface area contributed by atoms with Gasteiger partial charge in [0.2, 0.25) is 0 Å². The first-order chi connectivity index (χ1) is 14.0. The van der Waals surface area contributed by atoms with Crippen molar-refractivity contribution in [2.75, 3.05) is 18.5 Å². The lowest BCUT2D eigenvalue weighted by molar-refractivity contribution is -0.118. The van der Waals surface area contributed by atoms with E-state index in [9.17, 15) is 9.59 Å². The van der Waals surface area contributed by atoms with Crippen LogP contribution >= 0.6 is 0 Å². The number of rotatable bonds is 4. The molecule has 8 nitrogen and oxygen atoms in total. The predicted molar refractivity (Wildman–Crippen MR) is 114 cm³/mol. The predicted octanol–water partition coefficient (Wildman–Crippen LogP) is 3.65. The number of benzene rings is 1. The minimum Gasteiger partial charge on any atom is -0.483 e. The number of aryl methyl sites for hydroxylation is 2. The van der Waals surface area contributed by atoms with Crippen molar-refractivity contribution in [1.82, 2.24) is 15.1 Å². The Labute approximate surface area is 176 Å². The van der Waals surface area contributed by atoms with E-state index >= 15 is 0 Å². The molecule has 30 heavy (non-hydrogen) atoms. The summed E-state index contributed by atoms with van der Waals surface area (Å²) >= 11 is 0. The Kier molecular flexibility index (Phi) is 6.05. The molecule has 2 amide bonds. The summed E-state index contributed by atoms with van der Waals surface area (Å²) in [7, 11) is 0. The van der Waals surface area contributed by atoms with E-state index in [0.717, 1.165) is 33.7 Å². The highest BCUT2D eigenvalue weighted by Gasteiger charge is 2.28. The van der Waals surface area contributed by atoms with Crippen molar-refractivity contribution in [2.45, 2.75) is 60.1 Å². The number of anilines is 1. The quantitative estimate of drug-likeness (QED) is 0.796. The Morgan fingerprint density at radius 3 is 2.60 bits per heavy atom. The minimum absolute atomic E-state index is 0.100. The van der Waals surface area contributed by atoms with Crippen molar-refractivity contribution in [1.29, 1.82) is 0 Å². The van der Waals surface area contributed by atoms with Crippen LogP contribution in [0.15, 0.2) is 12.1 Å². The van der Waals surface area contributed by atoms with E-state index in [-0.39, 0.29) is 18.6 Å².